The van der Waals surface area contributed by atoms with Crippen LogP contribution >= 0.6 is 11.3 Å². The summed E-state index contributed by atoms with van der Waals surface area (Å²) in [6.45, 7) is 3.56. The van der Waals surface area contributed by atoms with Crippen molar-refractivity contribution in [3.8, 4) is 5.75 Å². The van der Waals surface area contributed by atoms with Gasteiger partial charge in [-0.05, 0) is 23.6 Å². The molecule has 3 rings (SSSR count). The molecular weight excluding hydrogens is 366 g/mol. The molecule has 0 atom stereocenters. The number of ether oxygens (including phenoxy) is 2. The van der Waals surface area contributed by atoms with Crippen molar-refractivity contribution in [2.45, 2.75) is 0 Å². The Labute approximate surface area is 162 Å². The third-order valence-electron chi connectivity index (χ3n) is 4.48. The summed E-state index contributed by atoms with van der Waals surface area (Å²) in [6.07, 6.45) is 0. The van der Waals surface area contributed by atoms with Crippen LogP contribution in [0.15, 0.2) is 35.7 Å². The van der Waals surface area contributed by atoms with Crippen LogP contribution in [0.4, 0.5) is 10.7 Å². The molecule has 0 aliphatic carbocycles. The van der Waals surface area contributed by atoms with E-state index < -0.39 is 5.97 Å². The Morgan fingerprint density at radius 3 is 2.63 bits per heavy atom. The smallest absolute Gasteiger partial charge is 0.340 e. The van der Waals surface area contributed by atoms with Gasteiger partial charge in [-0.1, -0.05) is 6.07 Å². The average molecular weight is 389 g/mol. The number of carbonyl (C=O) groups excluding carboxylic acids is 2. The van der Waals surface area contributed by atoms with Crippen molar-refractivity contribution in [3.05, 3.63) is 41.3 Å². The highest BCUT2D eigenvalue weighted by Gasteiger charge is 2.21. The minimum Gasteiger partial charge on any atom is -0.497 e. The quantitative estimate of drug-likeness (QED) is 0.765. The lowest BCUT2D eigenvalue weighted by Gasteiger charge is -2.35. The van der Waals surface area contributed by atoms with E-state index in [4.69, 9.17) is 9.47 Å². The van der Waals surface area contributed by atoms with Crippen LogP contribution in [0.2, 0.25) is 0 Å². The van der Waals surface area contributed by atoms with Gasteiger partial charge in [0.15, 0.2) is 0 Å². The summed E-state index contributed by atoms with van der Waals surface area (Å²) in [5, 5.41) is 5.11. The van der Waals surface area contributed by atoms with Crippen LogP contribution in [0.1, 0.15) is 10.4 Å². The van der Waals surface area contributed by atoms with E-state index in [0.29, 0.717) is 17.1 Å². The number of rotatable bonds is 6. The van der Waals surface area contributed by atoms with Crippen molar-refractivity contribution in [1.29, 1.82) is 0 Å². The number of nitrogens with zero attached hydrogens (tertiary/aromatic N) is 2. The first-order chi connectivity index (χ1) is 13.1. The maximum Gasteiger partial charge on any atom is 0.340 e. The predicted octanol–water partition coefficient (Wildman–Crippen LogP) is 2.30. The summed E-state index contributed by atoms with van der Waals surface area (Å²) in [6, 6.07) is 9.65. The van der Waals surface area contributed by atoms with Crippen molar-refractivity contribution in [2.75, 3.05) is 57.2 Å². The number of esters is 1. The largest absolute Gasteiger partial charge is 0.497 e. The number of thiophene rings is 1. The molecular formula is C19H23N3O4S. The fourth-order valence-corrected chi connectivity index (χ4v) is 3.81. The normalized spacial score (nSPS) is 14.7. The number of piperazine rings is 1. The monoisotopic (exact) mass is 389 g/mol. The molecule has 1 fully saturated rings. The molecule has 1 aliphatic rings. The molecule has 2 aromatic rings. The summed E-state index contributed by atoms with van der Waals surface area (Å²) in [7, 11) is 2.99. The van der Waals surface area contributed by atoms with Crippen molar-refractivity contribution in [1.82, 2.24) is 4.90 Å². The van der Waals surface area contributed by atoms with E-state index in [1.807, 2.05) is 18.2 Å². The molecule has 2 heterocycles. The van der Waals surface area contributed by atoms with Gasteiger partial charge in [-0.15, -0.1) is 11.3 Å². The molecule has 7 nitrogen and oxygen atoms in total. The zero-order valence-corrected chi connectivity index (χ0v) is 16.3. The van der Waals surface area contributed by atoms with Crippen molar-refractivity contribution in [2.24, 2.45) is 0 Å². The second-order valence-electron chi connectivity index (χ2n) is 6.17. The summed E-state index contributed by atoms with van der Waals surface area (Å²) >= 11 is 1.31. The summed E-state index contributed by atoms with van der Waals surface area (Å²) in [4.78, 5) is 28.4. The molecule has 1 amide bonds. The number of nitrogens with one attached hydrogen (secondary N) is 1. The van der Waals surface area contributed by atoms with Gasteiger partial charge in [0.2, 0.25) is 5.91 Å². The van der Waals surface area contributed by atoms with Gasteiger partial charge in [0, 0.05) is 37.9 Å². The lowest BCUT2D eigenvalue weighted by molar-refractivity contribution is -0.117. The van der Waals surface area contributed by atoms with E-state index in [0.717, 1.165) is 37.6 Å². The Morgan fingerprint density at radius 2 is 1.93 bits per heavy atom. The van der Waals surface area contributed by atoms with Crippen LogP contribution < -0.4 is 15.0 Å². The molecule has 0 spiro atoms. The Morgan fingerprint density at radius 1 is 1.15 bits per heavy atom. The van der Waals surface area contributed by atoms with Gasteiger partial charge in [0.25, 0.3) is 0 Å². The molecule has 27 heavy (non-hydrogen) atoms. The van der Waals surface area contributed by atoms with Gasteiger partial charge in [-0.3, -0.25) is 9.69 Å². The zero-order chi connectivity index (χ0) is 19.2. The fourth-order valence-electron chi connectivity index (χ4n) is 3.02. The second-order valence-corrected chi connectivity index (χ2v) is 7.08. The molecule has 8 heteroatoms. The van der Waals surface area contributed by atoms with Crippen LogP contribution in [0.5, 0.6) is 5.75 Å². The minimum atomic E-state index is -0.446. The molecule has 0 unspecified atom stereocenters. The Hall–Kier alpha value is -2.58. The minimum absolute atomic E-state index is 0.127. The zero-order valence-electron chi connectivity index (χ0n) is 15.4. The van der Waals surface area contributed by atoms with Crippen LogP contribution in [0.25, 0.3) is 0 Å². The molecule has 1 aromatic heterocycles. The van der Waals surface area contributed by atoms with E-state index in [9.17, 15) is 9.59 Å². The first-order valence-electron chi connectivity index (χ1n) is 8.67. The van der Waals surface area contributed by atoms with E-state index in [-0.39, 0.29) is 5.91 Å². The Kier molecular flexibility index (Phi) is 6.31. The molecule has 0 radical (unpaired) electrons. The molecule has 1 aliphatic heterocycles. The molecule has 144 valence electrons. The highest BCUT2D eigenvalue weighted by Crippen LogP contribution is 2.24. The number of hydrogen-bond acceptors (Lipinski definition) is 7. The molecule has 0 bridgehead atoms. The SMILES string of the molecule is COC(=O)c1ccsc1NC(=O)CN1CCN(c2cccc(OC)c2)CC1. The number of amides is 1. The number of carbonyl (C=O) groups is 2. The summed E-state index contributed by atoms with van der Waals surface area (Å²) in [5.41, 5.74) is 1.51. The van der Waals surface area contributed by atoms with Crippen molar-refractivity contribution >= 4 is 33.9 Å². The topological polar surface area (TPSA) is 71.1 Å². The van der Waals surface area contributed by atoms with Crippen LogP contribution in [-0.4, -0.2) is 63.7 Å². The number of hydrogen-bond donors (Lipinski definition) is 1. The summed E-state index contributed by atoms with van der Waals surface area (Å²) in [5.74, 6) is 0.266. The molecule has 1 saturated heterocycles. The van der Waals surface area contributed by atoms with Gasteiger partial charge in [-0.25, -0.2) is 4.79 Å². The Bertz CT molecular complexity index is 800. The number of benzene rings is 1. The van der Waals surface area contributed by atoms with Gasteiger partial charge in [0.05, 0.1) is 26.3 Å². The number of methoxy groups -OCH3 is 2. The van der Waals surface area contributed by atoms with Gasteiger partial charge in [-0.2, -0.15) is 0 Å². The summed E-state index contributed by atoms with van der Waals surface area (Å²) < 4.78 is 10.0. The molecule has 1 aromatic carbocycles. The highest BCUT2D eigenvalue weighted by molar-refractivity contribution is 7.14. The standard InChI is InChI=1S/C19H23N3O4S/c1-25-15-5-3-4-14(12-15)22-9-7-21(8-10-22)13-17(23)20-18-16(6-11-27-18)19(24)26-2/h3-6,11-12H,7-10,13H2,1-2H3,(H,20,23). The van der Waals surface area contributed by atoms with Crippen LogP contribution in [0.3, 0.4) is 0 Å². The second kappa shape index (κ2) is 8.88. The first-order valence-corrected chi connectivity index (χ1v) is 9.55. The van der Waals surface area contributed by atoms with Crippen molar-refractivity contribution < 1.29 is 19.1 Å². The lowest BCUT2D eigenvalue weighted by Crippen LogP contribution is -2.48. The van der Waals surface area contributed by atoms with Gasteiger partial charge in [0.1, 0.15) is 10.8 Å². The third-order valence-corrected chi connectivity index (χ3v) is 5.31. The lowest BCUT2D eigenvalue weighted by atomic mass is 10.2. The van der Waals surface area contributed by atoms with Crippen molar-refractivity contribution in [3.63, 3.8) is 0 Å². The number of anilines is 2. The third kappa shape index (κ3) is 4.78. The van der Waals surface area contributed by atoms with E-state index in [2.05, 4.69) is 21.2 Å². The van der Waals surface area contributed by atoms with E-state index >= 15 is 0 Å². The highest BCUT2D eigenvalue weighted by atomic mass is 32.1. The van der Waals surface area contributed by atoms with E-state index in [1.165, 1.54) is 18.4 Å². The fraction of sp³-hybridized carbons (Fsp3) is 0.368. The van der Waals surface area contributed by atoms with Crippen LogP contribution in [0, 0.1) is 0 Å². The molecule has 0 saturated carbocycles. The van der Waals surface area contributed by atoms with Crippen LogP contribution in [-0.2, 0) is 9.53 Å². The first kappa shape index (κ1) is 19.2. The predicted molar refractivity (Wildman–Crippen MR) is 106 cm³/mol. The molecule has 1 N–H and O–H groups in total. The maximum atomic E-state index is 12.3. The maximum absolute atomic E-state index is 12.3. The van der Waals surface area contributed by atoms with E-state index in [1.54, 1.807) is 18.6 Å². The van der Waals surface area contributed by atoms with Gasteiger partial charge < -0.3 is 19.7 Å². The Balaban J connectivity index is 1.51. The average Bonchev–Trinajstić information content (AvgIpc) is 3.16. The van der Waals surface area contributed by atoms with Gasteiger partial charge >= 0.3 is 5.97 Å².